The first kappa shape index (κ1) is 18.1. The van der Waals surface area contributed by atoms with Gasteiger partial charge in [-0.2, -0.15) is 0 Å². The smallest absolute Gasteiger partial charge is 0.270 e. The Hall–Kier alpha value is -3.28. The van der Waals surface area contributed by atoms with E-state index in [2.05, 4.69) is 10.3 Å². The maximum Gasteiger partial charge on any atom is 0.270 e. The molecule has 6 nitrogen and oxygen atoms in total. The quantitative estimate of drug-likeness (QED) is 0.714. The normalized spacial score (nSPS) is 13.9. The third-order valence-corrected chi connectivity index (χ3v) is 5.12. The van der Waals surface area contributed by atoms with Crippen molar-refractivity contribution in [1.29, 1.82) is 0 Å². The van der Waals surface area contributed by atoms with Crippen molar-refractivity contribution in [2.75, 3.05) is 18.6 Å². The third kappa shape index (κ3) is 3.33. The van der Waals surface area contributed by atoms with Crippen LogP contribution in [0.1, 0.15) is 34.5 Å². The molecule has 1 saturated heterocycles. The maximum absolute atomic E-state index is 13.0. The molecule has 2 heterocycles. The molecule has 3 aromatic rings. The van der Waals surface area contributed by atoms with E-state index >= 15 is 0 Å². The predicted molar refractivity (Wildman–Crippen MR) is 109 cm³/mol. The zero-order chi connectivity index (χ0) is 19.7. The molecule has 1 aliphatic heterocycles. The fourth-order valence-corrected chi connectivity index (χ4v) is 3.59. The molecular weight excluding hydrogens is 354 g/mol. The molecule has 1 fully saturated rings. The number of nitrogens with one attached hydrogen (secondary N) is 2. The maximum atomic E-state index is 13.0. The summed E-state index contributed by atoms with van der Waals surface area (Å²) in [5.74, 6) is 0.493. The number of nitrogens with zero attached hydrogens (tertiary/aromatic N) is 1. The highest BCUT2D eigenvalue weighted by Gasteiger charge is 2.29. The van der Waals surface area contributed by atoms with Gasteiger partial charge in [0.1, 0.15) is 11.4 Å². The van der Waals surface area contributed by atoms with Gasteiger partial charge < -0.3 is 19.9 Å². The summed E-state index contributed by atoms with van der Waals surface area (Å²) in [5, 5.41) is 3.78. The van der Waals surface area contributed by atoms with Gasteiger partial charge in [-0.05, 0) is 37.1 Å². The van der Waals surface area contributed by atoms with Gasteiger partial charge in [0.25, 0.3) is 5.91 Å². The number of aryl methyl sites for hydroxylation is 1. The van der Waals surface area contributed by atoms with E-state index in [4.69, 9.17) is 4.74 Å². The lowest BCUT2D eigenvalue weighted by molar-refractivity contribution is -0.117. The zero-order valence-electron chi connectivity index (χ0n) is 16.0. The highest BCUT2D eigenvalue weighted by atomic mass is 16.5. The summed E-state index contributed by atoms with van der Waals surface area (Å²) in [7, 11) is 1.60. The van der Waals surface area contributed by atoms with Crippen molar-refractivity contribution in [3.63, 3.8) is 0 Å². The summed E-state index contributed by atoms with van der Waals surface area (Å²) in [4.78, 5) is 30.3. The number of aromatic amines is 1. The van der Waals surface area contributed by atoms with E-state index < -0.39 is 0 Å². The van der Waals surface area contributed by atoms with Crippen LogP contribution in [0.15, 0.2) is 42.5 Å². The first-order valence-corrected chi connectivity index (χ1v) is 9.40. The van der Waals surface area contributed by atoms with Gasteiger partial charge in [0, 0.05) is 30.4 Å². The predicted octanol–water partition coefficient (Wildman–Crippen LogP) is 3.54. The lowest BCUT2D eigenvalue weighted by Crippen LogP contribution is -2.29. The van der Waals surface area contributed by atoms with E-state index in [0.29, 0.717) is 36.6 Å². The number of rotatable bonds is 5. The number of methoxy groups -OCH3 is 1. The number of hydrogen-bond donors (Lipinski definition) is 2. The number of ether oxygens (including phenoxy) is 1. The van der Waals surface area contributed by atoms with Crippen molar-refractivity contribution in [3.05, 3.63) is 59.3 Å². The molecule has 2 aromatic carbocycles. The van der Waals surface area contributed by atoms with Crippen LogP contribution in [0.3, 0.4) is 0 Å². The van der Waals surface area contributed by atoms with Crippen LogP contribution in [0.2, 0.25) is 0 Å². The Bertz CT molecular complexity index is 1040. The second-order valence-corrected chi connectivity index (χ2v) is 7.08. The SMILES string of the molecule is COc1ccc2[nH]c(C(=O)NCc3ccc(C)cc3)c(N3CCCC3=O)c2c1. The van der Waals surface area contributed by atoms with E-state index in [0.717, 1.165) is 22.9 Å². The molecule has 0 aliphatic carbocycles. The minimum absolute atomic E-state index is 0.0382. The van der Waals surface area contributed by atoms with E-state index in [9.17, 15) is 9.59 Å². The number of aromatic nitrogens is 1. The molecule has 0 atom stereocenters. The average Bonchev–Trinajstić information content (AvgIpc) is 3.29. The summed E-state index contributed by atoms with van der Waals surface area (Å²) >= 11 is 0. The topological polar surface area (TPSA) is 74.4 Å². The molecule has 2 N–H and O–H groups in total. The van der Waals surface area contributed by atoms with Crippen LogP contribution in [-0.4, -0.2) is 30.5 Å². The molecule has 6 heteroatoms. The molecule has 0 unspecified atom stereocenters. The van der Waals surface area contributed by atoms with Crippen molar-refractivity contribution >= 4 is 28.4 Å². The van der Waals surface area contributed by atoms with E-state index in [1.165, 1.54) is 5.56 Å². The Kier molecular flexibility index (Phi) is 4.77. The van der Waals surface area contributed by atoms with Gasteiger partial charge in [-0.3, -0.25) is 9.59 Å². The lowest BCUT2D eigenvalue weighted by atomic mass is 10.1. The number of anilines is 1. The van der Waals surface area contributed by atoms with Gasteiger partial charge in [0.2, 0.25) is 5.91 Å². The monoisotopic (exact) mass is 377 g/mol. The molecule has 0 saturated carbocycles. The van der Waals surface area contributed by atoms with Crippen LogP contribution >= 0.6 is 0 Å². The van der Waals surface area contributed by atoms with Crippen LogP contribution in [0.4, 0.5) is 5.69 Å². The zero-order valence-corrected chi connectivity index (χ0v) is 16.0. The summed E-state index contributed by atoms with van der Waals surface area (Å²) in [6.45, 7) is 3.06. The first-order valence-electron chi connectivity index (χ1n) is 9.40. The minimum atomic E-state index is -0.231. The van der Waals surface area contributed by atoms with Gasteiger partial charge >= 0.3 is 0 Å². The lowest BCUT2D eigenvalue weighted by Gasteiger charge is -2.17. The second-order valence-electron chi connectivity index (χ2n) is 7.08. The number of amides is 2. The largest absolute Gasteiger partial charge is 0.497 e. The van der Waals surface area contributed by atoms with E-state index in [-0.39, 0.29) is 11.8 Å². The number of fused-ring (bicyclic) bond motifs is 1. The summed E-state index contributed by atoms with van der Waals surface area (Å²) in [5.41, 5.74) is 4.05. The minimum Gasteiger partial charge on any atom is -0.497 e. The van der Waals surface area contributed by atoms with Gasteiger partial charge in [-0.25, -0.2) is 0 Å². The van der Waals surface area contributed by atoms with E-state index in [1.54, 1.807) is 12.0 Å². The first-order chi connectivity index (χ1) is 13.6. The molecule has 1 aliphatic rings. The molecule has 4 rings (SSSR count). The van der Waals surface area contributed by atoms with Crippen molar-refractivity contribution in [1.82, 2.24) is 10.3 Å². The fourth-order valence-electron chi connectivity index (χ4n) is 3.59. The van der Waals surface area contributed by atoms with Crippen LogP contribution < -0.4 is 15.0 Å². The highest BCUT2D eigenvalue weighted by Crippen LogP contribution is 2.36. The van der Waals surface area contributed by atoms with Crippen LogP contribution in [0, 0.1) is 6.92 Å². The number of carbonyl (C=O) groups excluding carboxylic acids is 2. The van der Waals surface area contributed by atoms with Gasteiger partial charge in [0.05, 0.1) is 12.8 Å². The number of hydrogen-bond acceptors (Lipinski definition) is 3. The summed E-state index contributed by atoms with van der Waals surface area (Å²) < 4.78 is 5.33. The Balaban J connectivity index is 1.69. The highest BCUT2D eigenvalue weighted by molar-refractivity contribution is 6.14. The molecule has 0 radical (unpaired) electrons. The van der Waals surface area contributed by atoms with Crippen molar-refractivity contribution < 1.29 is 14.3 Å². The summed E-state index contributed by atoms with van der Waals surface area (Å²) in [6.07, 6.45) is 1.29. The molecular formula is C22H23N3O3. The van der Waals surface area contributed by atoms with Crippen LogP contribution in [-0.2, 0) is 11.3 Å². The standard InChI is InChI=1S/C22H23N3O3/c1-14-5-7-15(8-6-14)13-23-22(27)20-21(25-11-3-4-19(25)26)17-12-16(28-2)9-10-18(17)24-20/h5-10,12,24H,3-4,11,13H2,1-2H3,(H,23,27). The van der Waals surface area contributed by atoms with Gasteiger partial charge in [-0.15, -0.1) is 0 Å². The van der Waals surface area contributed by atoms with Crippen LogP contribution in [0.5, 0.6) is 5.75 Å². The molecule has 2 amide bonds. The number of carbonyl (C=O) groups is 2. The summed E-state index contributed by atoms with van der Waals surface area (Å²) in [6, 6.07) is 13.6. The van der Waals surface area contributed by atoms with Crippen LogP contribution in [0.25, 0.3) is 10.9 Å². The molecule has 1 aromatic heterocycles. The molecule has 144 valence electrons. The van der Waals surface area contributed by atoms with Crippen molar-refractivity contribution in [2.24, 2.45) is 0 Å². The number of H-pyrrole nitrogens is 1. The molecule has 28 heavy (non-hydrogen) atoms. The van der Waals surface area contributed by atoms with Crippen molar-refractivity contribution in [2.45, 2.75) is 26.3 Å². The fraction of sp³-hybridized carbons (Fsp3) is 0.273. The second kappa shape index (κ2) is 7.38. The molecule has 0 spiro atoms. The van der Waals surface area contributed by atoms with Gasteiger partial charge in [-0.1, -0.05) is 29.8 Å². The van der Waals surface area contributed by atoms with Gasteiger partial charge in [0.15, 0.2) is 0 Å². The Morgan fingerprint density at radius 1 is 1.21 bits per heavy atom. The molecule has 0 bridgehead atoms. The Morgan fingerprint density at radius 3 is 2.68 bits per heavy atom. The number of benzene rings is 2. The third-order valence-electron chi connectivity index (χ3n) is 5.12. The Labute approximate surface area is 163 Å². The Morgan fingerprint density at radius 2 is 2.00 bits per heavy atom. The average molecular weight is 377 g/mol. The van der Waals surface area contributed by atoms with Crippen molar-refractivity contribution in [3.8, 4) is 5.75 Å². The van der Waals surface area contributed by atoms with E-state index in [1.807, 2.05) is 49.4 Å².